The number of anilines is 2. The van der Waals surface area contributed by atoms with E-state index in [0.29, 0.717) is 21.6 Å². The van der Waals surface area contributed by atoms with E-state index in [4.69, 9.17) is 23.2 Å². The highest BCUT2D eigenvalue weighted by molar-refractivity contribution is 6.33. The largest absolute Gasteiger partial charge is 0.311 e. The van der Waals surface area contributed by atoms with E-state index >= 15 is 0 Å². The summed E-state index contributed by atoms with van der Waals surface area (Å²) in [7, 11) is 0. The molecule has 0 fully saturated rings. The second-order valence-electron chi connectivity index (χ2n) is 5.44. The van der Waals surface area contributed by atoms with Gasteiger partial charge in [-0.05, 0) is 50.2 Å². The summed E-state index contributed by atoms with van der Waals surface area (Å²) in [5, 5.41) is 3.92. The third-order valence-electron chi connectivity index (χ3n) is 3.72. The van der Waals surface area contributed by atoms with Crippen LogP contribution in [0, 0.1) is 0 Å². The van der Waals surface area contributed by atoms with Crippen LogP contribution in [0.2, 0.25) is 10.0 Å². The van der Waals surface area contributed by atoms with Crippen molar-refractivity contribution in [1.29, 1.82) is 0 Å². The van der Waals surface area contributed by atoms with Gasteiger partial charge in [0.05, 0.1) is 10.7 Å². The molecular formula is C17H15Cl2N3O. The Labute approximate surface area is 144 Å². The van der Waals surface area contributed by atoms with Gasteiger partial charge in [-0.15, -0.1) is 0 Å². The summed E-state index contributed by atoms with van der Waals surface area (Å²) in [5.41, 5.74) is 0.356. The van der Waals surface area contributed by atoms with Crippen molar-refractivity contribution < 1.29 is 4.79 Å². The van der Waals surface area contributed by atoms with E-state index in [9.17, 15) is 4.79 Å². The Kier molecular flexibility index (Phi) is 4.04. The van der Waals surface area contributed by atoms with Crippen LogP contribution in [0.5, 0.6) is 0 Å². The minimum atomic E-state index is -1.12. The molecule has 2 aromatic rings. The van der Waals surface area contributed by atoms with E-state index < -0.39 is 5.66 Å². The van der Waals surface area contributed by atoms with Crippen LogP contribution in [0.25, 0.3) is 0 Å². The average molecular weight is 348 g/mol. The minimum absolute atomic E-state index is 0.204. The molecule has 3 rings (SSSR count). The molecule has 0 spiro atoms. The van der Waals surface area contributed by atoms with E-state index in [1.807, 2.05) is 35.2 Å². The third kappa shape index (κ3) is 2.80. The fraction of sp³-hybridized carbons (Fsp3) is 0.176. The third-order valence-corrected chi connectivity index (χ3v) is 4.30. The van der Waals surface area contributed by atoms with Gasteiger partial charge in [0, 0.05) is 10.7 Å². The average Bonchev–Trinajstić information content (AvgIpc) is 2.76. The number of carbonyl (C=O) groups excluding carboxylic acids is 1. The summed E-state index contributed by atoms with van der Waals surface area (Å²) in [4.78, 5) is 18.9. The molecule has 1 N–H and O–H groups in total. The van der Waals surface area contributed by atoms with Crippen LogP contribution < -0.4 is 10.2 Å². The Balaban J connectivity index is 2.21. The summed E-state index contributed by atoms with van der Waals surface area (Å²) in [6.45, 7) is 3.52. The number of halogens is 2. The molecule has 0 bridgehead atoms. The van der Waals surface area contributed by atoms with Gasteiger partial charge in [0.1, 0.15) is 5.84 Å². The number of aliphatic imine (C=N–C) groups is 1. The molecule has 118 valence electrons. The monoisotopic (exact) mass is 347 g/mol. The number of hydrogen-bond donors (Lipinski definition) is 1. The highest BCUT2D eigenvalue weighted by atomic mass is 35.5. The summed E-state index contributed by atoms with van der Waals surface area (Å²) in [6.07, 6.45) is 0. The smallest absolute Gasteiger partial charge is 0.274 e. The number of nitrogens with zero attached hydrogens (tertiary/aromatic N) is 2. The van der Waals surface area contributed by atoms with Crippen LogP contribution in [0.1, 0.15) is 13.8 Å². The minimum Gasteiger partial charge on any atom is -0.311 e. The molecule has 1 atom stereocenters. The Morgan fingerprint density at radius 2 is 1.74 bits per heavy atom. The van der Waals surface area contributed by atoms with E-state index in [0.717, 1.165) is 5.69 Å². The van der Waals surface area contributed by atoms with E-state index in [1.165, 1.54) is 0 Å². The van der Waals surface area contributed by atoms with Gasteiger partial charge in [-0.25, -0.2) is 4.99 Å². The van der Waals surface area contributed by atoms with Crippen molar-refractivity contribution in [2.45, 2.75) is 19.5 Å². The van der Waals surface area contributed by atoms with Gasteiger partial charge in [-0.2, -0.15) is 0 Å². The molecule has 1 aliphatic heterocycles. The van der Waals surface area contributed by atoms with Gasteiger partial charge in [-0.1, -0.05) is 35.3 Å². The predicted octanol–water partition coefficient (Wildman–Crippen LogP) is 4.40. The molecule has 6 heteroatoms. The molecule has 1 heterocycles. The maximum Gasteiger partial charge on any atom is 0.274 e. The quantitative estimate of drug-likeness (QED) is 0.894. The van der Waals surface area contributed by atoms with Crippen molar-refractivity contribution in [3.63, 3.8) is 0 Å². The molecule has 0 saturated carbocycles. The molecule has 4 nitrogen and oxygen atoms in total. The van der Waals surface area contributed by atoms with E-state index in [1.54, 1.807) is 32.0 Å². The number of amides is 1. The van der Waals surface area contributed by atoms with Gasteiger partial charge < -0.3 is 10.2 Å². The molecule has 1 amide bonds. The standard InChI is InChI=1S/C17H15Cl2N3O/c1-11-20-16(23)17(2,21-11)22(13-9-7-12(18)8-10-13)15-6-4-3-5-14(15)19/h3-10H,1-2H3,(H,20,21,23). The molecule has 2 aromatic carbocycles. The van der Waals surface area contributed by atoms with Crippen LogP contribution in [-0.4, -0.2) is 17.4 Å². The van der Waals surface area contributed by atoms with Crippen LogP contribution in [-0.2, 0) is 4.79 Å². The van der Waals surface area contributed by atoms with Crippen molar-refractivity contribution in [2.24, 2.45) is 4.99 Å². The van der Waals surface area contributed by atoms with Gasteiger partial charge in [0.25, 0.3) is 5.91 Å². The number of benzene rings is 2. The van der Waals surface area contributed by atoms with Gasteiger partial charge in [0.15, 0.2) is 0 Å². The molecular weight excluding hydrogens is 333 g/mol. The van der Waals surface area contributed by atoms with Gasteiger partial charge in [0.2, 0.25) is 5.66 Å². The van der Waals surface area contributed by atoms with Crippen LogP contribution in [0.15, 0.2) is 53.5 Å². The highest BCUT2D eigenvalue weighted by Crippen LogP contribution is 2.40. The lowest BCUT2D eigenvalue weighted by Crippen LogP contribution is -2.49. The van der Waals surface area contributed by atoms with Crippen molar-refractivity contribution in [3.8, 4) is 0 Å². The lowest BCUT2D eigenvalue weighted by molar-refractivity contribution is -0.122. The first-order chi connectivity index (χ1) is 10.9. The fourth-order valence-electron chi connectivity index (χ4n) is 2.69. The second kappa shape index (κ2) is 5.87. The fourth-order valence-corrected chi connectivity index (χ4v) is 3.03. The summed E-state index contributed by atoms with van der Waals surface area (Å²) in [5.74, 6) is 0.369. The molecule has 0 saturated heterocycles. The SMILES string of the molecule is CC1=NC(C)(N(c2ccc(Cl)cc2)c2ccccc2Cl)C(=O)N1. The summed E-state index contributed by atoms with van der Waals surface area (Å²) in [6, 6.07) is 14.6. The summed E-state index contributed by atoms with van der Waals surface area (Å²) < 4.78 is 0. The number of nitrogens with one attached hydrogen (secondary N) is 1. The van der Waals surface area contributed by atoms with Gasteiger partial charge >= 0.3 is 0 Å². The topological polar surface area (TPSA) is 44.7 Å². The molecule has 1 aliphatic rings. The zero-order valence-corrected chi connectivity index (χ0v) is 14.2. The molecule has 1 unspecified atom stereocenters. The van der Waals surface area contributed by atoms with E-state index in [2.05, 4.69) is 10.3 Å². The lowest BCUT2D eigenvalue weighted by atomic mass is 10.1. The number of para-hydroxylation sites is 1. The Morgan fingerprint density at radius 3 is 2.30 bits per heavy atom. The highest BCUT2D eigenvalue weighted by Gasteiger charge is 2.45. The number of amidine groups is 1. The van der Waals surface area contributed by atoms with Crippen LogP contribution in [0.3, 0.4) is 0 Å². The number of rotatable bonds is 3. The van der Waals surface area contributed by atoms with Crippen molar-refractivity contribution >= 4 is 46.3 Å². The Morgan fingerprint density at radius 1 is 1.09 bits per heavy atom. The lowest BCUT2D eigenvalue weighted by Gasteiger charge is -2.36. The van der Waals surface area contributed by atoms with Crippen molar-refractivity contribution in [3.05, 3.63) is 58.6 Å². The predicted molar refractivity (Wildman–Crippen MR) is 94.7 cm³/mol. The first kappa shape index (κ1) is 15.8. The second-order valence-corrected chi connectivity index (χ2v) is 6.28. The van der Waals surface area contributed by atoms with Crippen LogP contribution in [0.4, 0.5) is 11.4 Å². The first-order valence-electron chi connectivity index (χ1n) is 7.10. The van der Waals surface area contributed by atoms with Crippen molar-refractivity contribution in [1.82, 2.24) is 5.32 Å². The normalized spacial score (nSPS) is 20.2. The maximum absolute atomic E-state index is 12.5. The maximum atomic E-state index is 12.5. The molecule has 0 aliphatic carbocycles. The number of hydrogen-bond acceptors (Lipinski definition) is 3. The van der Waals surface area contributed by atoms with Crippen LogP contribution >= 0.6 is 23.2 Å². The number of carbonyl (C=O) groups is 1. The molecule has 0 radical (unpaired) electrons. The molecule has 23 heavy (non-hydrogen) atoms. The van der Waals surface area contributed by atoms with Crippen molar-refractivity contribution in [2.75, 3.05) is 4.90 Å². The van der Waals surface area contributed by atoms with E-state index in [-0.39, 0.29) is 5.91 Å². The zero-order valence-electron chi connectivity index (χ0n) is 12.7. The van der Waals surface area contributed by atoms with Gasteiger partial charge in [-0.3, -0.25) is 4.79 Å². The summed E-state index contributed by atoms with van der Waals surface area (Å²) >= 11 is 12.4. The Hall–Kier alpha value is -2.04. The molecule has 0 aromatic heterocycles. The zero-order chi connectivity index (χ0) is 16.6. The first-order valence-corrected chi connectivity index (χ1v) is 7.85. The Bertz CT molecular complexity index is 789.